The lowest BCUT2D eigenvalue weighted by atomic mass is 9.90. The third kappa shape index (κ3) is 6.24. The second kappa shape index (κ2) is 14.6. The average molecular weight is 687 g/mol. The predicted molar refractivity (Wildman–Crippen MR) is 227 cm³/mol. The standard InChI is InChI=1S/C49H42N4/c1-4-6-16-34(5-2)44(51-3)33-49(50)53-45-23-14-10-17-35(45)25-26-38-31-36(27-29-46(38)53)37-28-30-48-43(32-37)41-21-12-11-20-40(41)42-22-13-15-24-47(42)52(48)39-18-8-7-9-19-39/h4-12,14,16-33,49H,2-3,13,15,50H2,1H3/b6-4-,34-16+,44-33-. The summed E-state index contributed by atoms with van der Waals surface area (Å²) in [5.41, 5.74) is 23.7. The Labute approximate surface area is 313 Å². The first kappa shape index (κ1) is 33.6. The van der Waals surface area contributed by atoms with Crippen LogP contribution in [0.2, 0.25) is 0 Å². The van der Waals surface area contributed by atoms with E-state index in [9.17, 15) is 0 Å². The first-order chi connectivity index (χ1) is 26.1. The Morgan fingerprint density at radius 3 is 2.21 bits per heavy atom. The molecule has 2 heterocycles. The molecule has 5 aromatic rings. The van der Waals surface area contributed by atoms with Crippen LogP contribution in [-0.4, -0.2) is 12.9 Å². The SMILES string of the molecule is C=CC(=C\C=C/C)/C(=C/C(N)N1c2ccccc2C=Cc2cc(-c3ccc4c(c3)-c3ccccc3C3=CCCC=C3N4c3ccccc3)ccc21)N=C. The van der Waals surface area contributed by atoms with Crippen molar-refractivity contribution < 1.29 is 0 Å². The summed E-state index contributed by atoms with van der Waals surface area (Å²) in [5.74, 6) is 0. The van der Waals surface area contributed by atoms with Gasteiger partial charge < -0.3 is 15.5 Å². The van der Waals surface area contributed by atoms with Crippen molar-refractivity contribution in [2.75, 3.05) is 9.80 Å². The lowest BCUT2D eigenvalue weighted by Crippen LogP contribution is -2.38. The van der Waals surface area contributed by atoms with E-state index in [1.807, 2.05) is 31.2 Å². The van der Waals surface area contributed by atoms with E-state index in [4.69, 9.17) is 5.73 Å². The topological polar surface area (TPSA) is 44.9 Å². The lowest BCUT2D eigenvalue weighted by Gasteiger charge is -2.31. The molecule has 2 aliphatic heterocycles. The van der Waals surface area contributed by atoms with Crippen molar-refractivity contribution in [3.8, 4) is 22.3 Å². The molecule has 0 radical (unpaired) electrons. The quantitative estimate of drug-likeness (QED) is 0.131. The monoisotopic (exact) mass is 686 g/mol. The summed E-state index contributed by atoms with van der Waals surface area (Å²) in [6.45, 7) is 9.84. The molecule has 0 amide bonds. The van der Waals surface area contributed by atoms with Crippen molar-refractivity contribution in [2.24, 2.45) is 10.7 Å². The number of hydrogen-bond acceptors (Lipinski definition) is 4. The van der Waals surface area contributed by atoms with E-state index in [0.29, 0.717) is 5.70 Å². The molecule has 3 aliphatic rings. The van der Waals surface area contributed by atoms with E-state index < -0.39 is 6.17 Å². The Bertz CT molecular complexity index is 2420. The van der Waals surface area contributed by atoms with Gasteiger partial charge in [0, 0.05) is 22.5 Å². The van der Waals surface area contributed by atoms with E-state index in [0.717, 1.165) is 57.7 Å². The van der Waals surface area contributed by atoms with Gasteiger partial charge in [-0.25, -0.2) is 0 Å². The number of aliphatic imine (C=N–C) groups is 1. The number of fused-ring (bicyclic) bond motifs is 7. The highest BCUT2D eigenvalue weighted by molar-refractivity contribution is 6.02. The van der Waals surface area contributed by atoms with Crippen LogP contribution < -0.4 is 15.5 Å². The normalized spacial score (nSPS) is 15.5. The highest BCUT2D eigenvalue weighted by Gasteiger charge is 2.29. The number of allylic oxidation sites excluding steroid dienone is 7. The second-order valence-electron chi connectivity index (χ2n) is 13.3. The zero-order chi connectivity index (χ0) is 36.3. The maximum Gasteiger partial charge on any atom is 0.103 e. The van der Waals surface area contributed by atoms with Gasteiger partial charge in [0.25, 0.3) is 0 Å². The van der Waals surface area contributed by atoms with Crippen LogP contribution in [0.5, 0.6) is 0 Å². The van der Waals surface area contributed by atoms with E-state index in [2.05, 4.69) is 168 Å². The van der Waals surface area contributed by atoms with Crippen LogP contribution in [0.3, 0.4) is 0 Å². The van der Waals surface area contributed by atoms with E-state index in [1.165, 1.54) is 33.6 Å². The first-order valence-corrected chi connectivity index (χ1v) is 18.2. The number of hydrogen-bond donors (Lipinski definition) is 1. The fourth-order valence-electron chi connectivity index (χ4n) is 7.69. The molecule has 258 valence electrons. The fourth-order valence-corrected chi connectivity index (χ4v) is 7.69. The number of nitrogens with two attached hydrogens (primary N) is 1. The zero-order valence-electron chi connectivity index (χ0n) is 30.0. The molecule has 1 unspecified atom stereocenters. The van der Waals surface area contributed by atoms with Gasteiger partial charge >= 0.3 is 0 Å². The highest BCUT2D eigenvalue weighted by Crippen LogP contribution is 2.50. The Morgan fingerprint density at radius 1 is 0.736 bits per heavy atom. The van der Waals surface area contributed by atoms with Crippen LogP contribution in [0.25, 0.3) is 40.0 Å². The molecule has 0 spiro atoms. The molecule has 4 heteroatoms. The van der Waals surface area contributed by atoms with Gasteiger partial charge in [0.15, 0.2) is 0 Å². The van der Waals surface area contributed by atoms with Gasteiger partial charge in [-0.1, -0.05) is 128 Å². The predicted octanol–water partition coefficient (Wildman–Crippen LogP) is 12.4. The lowest BCUT2D eigenvalue weighted by molar-refractivity contribution is 0.817. The Balaban J connectivity index is 1.26. The van der Waals surface area contributed by atoms with Crippen molar-refractivity contribution in [1.82, 2.24) is 0 Å². The van der Waals surface area contributed by atoms with E-state index >= 15 is 0 Å². The first-order valence-electron chi connectivity index (χ1n) is 18.2. The fraction of sp³-hybridized carbons (Fsp3) is 0.0816. The Kier molecular flexibility index (Phi) is 9.29. The van der Waals surface area contributed by atoms with Crippen LogP contribution in [0.4, 0.5) is 22.7 Å². The molecule has 0 saturated heterocycles. The molecule has 0 bridgehead atoms. The summed E-state index contributed by atoms with van der Waals surface area (Å²) in [6, 6.07) is 41.5. The van der Waals surface area contributed by atoms with Crippen LogP contribution in [-0.2, 0) is 0 Å². The van der Waals surface area contributed by atoms with Crippen molar-refractivity contribution in [3.05, 3.63) is 198 Å². The molecule has 0 saturated carbocycles. The average Bonchev–Trinajstić information content (AvgIpc) is 3.45. The summed E-state index contributed by atoms with van der Waals surface area (Å²) >= 11 is 0. The van der Waals surface area contributed by atoms with Crippen molar-refractivity contribution in [1.29, 1.82) is 0 Å². The minimum Gasteiger partial charge on any atom is -0.321 e. The molecule has 53 heavy (non-hydrogen) atoms. The van der Waals surface area contributed by atoms with Gasteiger partial charge in [-0.3, -0.25) is 4.99 Å². The van der Waals surface area contributed by atoms with Gasteiger partial charge in [0.2, 0.25) is 0 Å². The van der Waals surface area contributed by atoms with Crippen LogP contribution in [0.15, 0.2) is 186 Å². The number of benzene rings is 5. The summed E-state index contributed by atoms with van der Waals surface area (Å²) in [5, 5.41) is 0. The molecule has 4 nitrogen and oxygen atoms in total. The molecule has 0 aromatic heterocycles. The van der Waals surface area contributed by atoms with Gasteiger partial charge in [-0.05, 0) is 114 Å². The van der Waals surface area contributed by atoms with E-state index in [1.54, 1.807) is 6.08 Å². The largest absolute Gasteiger partial charge is 0.321 e. The third-order valence-electron chi connectivity index (χ3n) is 10.2. The number of anilines is 4. The van der Waals surface area contributed by atoms with Crippen LogP contribution in [0, 0.1) is 0 Å². The summed E-state index contributed by atoms with van der Waals surface area (Å²) in [6.07, 6.45) is 20.3. The maximum absolute atomic E-state index is 7.08. The minimum absolute atomic E-state index is 0.532. The summed E-state index contributed by atoms with van der Waals surface area (Å²) in [7, 11) is 0. The molecular formula is C49H42N4. The van der Waals surface area contributed by atoms with Gasteiger partial charge in [0.05, 0.1) is 22.8 Å². The van der Waals surface area contributed by atoms with Crippen molar-refractivity contribution in [2.45, 2.75) is 25.9 Å². The molecule has 1 aliphatic carbocycles. The van der Waals surface area contributed by atoms with Crippen molar-refractivity contribution >= 4 is 47.2 Å². The third-order valence-corrected chi connectivity index (χ3v) is 10.2. The Hall–Kier alpha value is -6.49. The summed E-state index contributed by atoms with van der Waals surface area (Å²) in [4.78, 5) is 8.97. The second-order valence-corrected chi connectivity index (χ2v) is 13.3. The summed E-state index contributed by atoms with van der Waals surface area (Å²) < 4.78 is 0. The smallest absolute Gasteiger partial charge is 0.103 e. The Morgan fingerprint density at radius 2 is 1.42 bits per heavy atom. The van der Waals surface area contributed by atoms with Gasteiger partial charge in [-0.2, -0.15) is 0 Å². The minimum atomic E-state index is -0.532. The van der Waals surface area contributed by atoms with E-state index in [-0.39, 0.29) is 0 Å². The van der Waals surface area contributed by atoms with Crippen LogP contribution in [0.1, 0.15) is 36.5 Å². The number of nitrogens with zero attached hydrogens (tertiary/aromatic N) is 3. The van der Waals surface area contributed by atoms with Crippen molar-refractivity contribution in [3.63, 3.8) is 0 Å². The molecule has 1 atom stereocenters. The number of rotatable bonds is 8. The highest BCUT2D eigenvalue weighted by atomic mass is 15.2. The van der Waals surface area contributed by atoms with Gasteiger partial charge in [-0.15, -0.1) is 0 Å². The van der Waals surface area contributed by atoms with Gasteiger partial charge in [0.1, 0.15) is 6.17 Å². The molecule has 0 fully saturated rings. The number of para-hydroxylation sites is 2. The van der Waals surface area contributed by atoms with Crippen LogP contribution >= 0.6 is 0 Å². The molecule has 5 aromatic carbocycles. The maximum atomic E-state index is 7.08. The molecule has 2 N–H and O–H groups in total. The molecular weight excluding hydrogens is 645 g/mol. The molecule has 8 rings (SSSR count). The zero-order valence-corrected chi connectivity index (χ0v) is 30.0.